The molecule has 0 aliphatic rings. The zero-order valence-electron chi connectivity index (χ0n) is 11.5. The van der Waals surface area contributed by atoms with Crippen molar-refractivity contribution < 1.29 is 4.79 Å². The molecule has 0 unspecified atom stereocenters. The van der Waals surface area contributed by atoms with Crippen LogP contribution in [-0.4, -0.2) is 20.9 Å². The first-order chi connectivity index (χ1) is 10.2. The molecule has 5 nitrogen and oxygen atoms in total. The second-order valence-electron chi connectivity index (χ2n) is 4.68. The molecule has 21 heavy (non-hydrogen) atoms. The van der Waals surface area contributed by atoms with Crippen LogP contribution in [0.3, 0.4) is 0 Å². The number of hydrogen-bond acceptors (Lipinski definition) is 3. The minimum atomic E-state index is -0.275. The quantitative estimate of drug-likeness (QED) is 0.801. The molecule has 104 valence electrons. The number of aromatic nitrogens is 3. The summed E-state index contributed by atoms with van der Waals surface area (Å²) in [6.45, 7) is 1.97. The van der Waals surface area contributed by atoms with Crippen LogP contribution in [0.5, 0.6) is 0 Å². The zero-order valence-corrected chi connectivity index (χ0v) is 11.5. The Morgan fingerprint density at radius 2 is 1.90 bits per heavy atom. The number of nitrogens with one attached hydrogen (secondary N) is 1. The first-order valence-electron chi connectivity index (χ1n) is 6.58. The molecule has 1 aromatic heterocycles. The van der Waals surface area contributed by atoms with Gasteiger partial charge >= 0.3 is 0 Å². The molecule has 2 aromatic carbocycles. The van der Waals surface area contributed by atoms with Gasteiger partial charge in [-0.2, -0.15) is 9.90 Å². The van der Waals surface area contributed by atoms with Crippen LogP contribution in [0.1, 0.15) is 16.1 Å². The first-order valence-corrected chi connectivity index (χ1v) is 6.58. The third kappa shape index (κ3) is 2.97. The van der Waals surface area contributed by atoms with Gasteiger partial charge < -0.3 is 5.32 Å². The van der Waals surface area contributed by atoms with E-state index in [9.17, 15) is 4.79 Å². The number of anilines is 1. The molecule has 1 heterocycles. The maximum atomic E-state index is 12.1. The van der Waals surface area contributed by atoms with Gasteiger partial charge in [0.15, 0.2) is 5.69 Å². The third-order valence-corrected chi connectivity index (χ3v) is 2.99. The van der Waals surface area contributed by atoms with Crippen molar-refractivity contribution in [3.05, 3.63) is 72.1 Å². The van der Waals surface area contributed by atoms with Gasteiger partial charge in [-0.3, -0.25) is 4.79 Å². The molecule has 1 N–H and O–H groups in total. The Labute approximate surface area is 122 Å². The largest absolute Gasteiger partial charge is 0.321 e. The Kier molecular flexibility index (Phi) is 3.47. The Hall–Kier alpha value is -2.95. The highest BCUT2D eigenvalue weighted by Crippen LogP contribution is 2.11. The Bertz CT molecular complexity index is 765. The number of para-hydroxylation sites is 1. The summed E-state index contributed by atoms with van der Waals surface area (Å²) in [6, 6.07) is 17.1. The fourth-order valence-corrected chi connectivity index (χ4v) is 1.97. The van der Waals surface area contributed by atoms with Gasteiger partial charge in [-0.05, 0) is 36.8 Å². The van der Waals surface area contributed by atoms with Gasteiger partial charge in [-0.1, -0.05) is 30.3 Å². The summed E-state index contributed by atoms with van der Waals surface area (Å²) in [5.41, 5.74) is 2.92. The van der Waals surface area contributed by atoms with Crippen molar-refractivity contribution in [3.8, 4) is 5.69 Å². The topological polar surface area (TPSA) is 59.8 Å². The van der Waals surface area contributed by atoms with E-state index in [1.807, 2.05) is 61.5 Å². The number of nitrogens with zero attached hydrogens (tertiary/aromatic N) is 3. The van der Waals surface area contributed by atoms with Crippen molar-refractivity contribution in [1.29, 1.82) is 0 Å². The molecule has 0 saturated carbocycles. The van der Waals surface area contributed by atoms with Crippen molar-refractivity contribution in [2.24, 2.45) is 0 Å². The predicted molar refractivity (Wildman–Crippen MR) is 80.5 cm³/mol. The van der Waals surface area contributed by atoms with E-state index in [0.29, 0.717) is 0 Å². The van der Waals surface area contributed by atoms with Crippen LogP contribution in [0.2, 0.25) is 0 Å². The van der Waals surface area contributed by atoms with Crippen molar-refractivity contribution in [2.45, 2.75) is 6.92 Å². The molecule has 0 radical (unpaired) electrons. The average molecular weight is 278 g/mol. The summed E-state index contributed by atoms with van der Waals surface area (Å²) in [6.07, 6.45) is 1.46. The van der Waals surface area contributed by atoms with Crippen LogP contribution in [0, 0.1) is 6.92 Å². The highest BCUT2D eigenvalue weighted by Gasteiger charge is 2.11. The average Bonchev–Trinajstić information content (AvgIpc) is 2.98. The summed E-state index contributed by atoms with van der Waals surface area (Å²) in [4.78, 5) is 13.6. The first kappa shape index (κ1) is 13.1. The van der Waals surface area contributed by atoms with Crippen molar-refractivity contribution in [3.63, 3.8) is 0 Å². The predicted octanol–water partition coefficient (Wildman–Crippen LogP) is 2.83. The molecule has 0 spiro atoms. The van der Waals surface area contributed by atoms with Crippen molar-refractivity contribution >= 4 is 11.6 Å². The van der Waals surface area contributed by atoms with Gasteiger partial charge in [0.2, 0.25) is 0 Å². The van der Waals surface area contributed by atoms with E-state index in [-0.39, 0.29) is 11.6 Å². The Morgan fingerprint density at radius 1 is 1.10 bits per heavy atom. The van der Waals surface area contributed by atoms with Gasteiger partial charge in [0.05, 0.1) is 11.9 Å². The summed E-state index contributed by atoms with van der Waals surface area (Å²) in [5, 5.41) is 11.1. The number of rotatable bonds is 3. The molecular weight excluding hydrogens is 264 g/mol. The van der Waals surface area contributed by atoms with E-state index in [1.165, 1.54) is 11.0 Å². The van der Waals surface area contributed by atoms with Crippen LogP contribution < -0.4 is 5.32 Å². The van der Waals surface area contributed by atoms with E-state index in [4.69, 9.17) is 0 Å². The fourth-order valence-electron chi connectivity index (χ4n) is 1.97. The second-order valence-corrected chi connectivity index (χ2v) is 4.68. The van der Waals surface area contributed by atoms with Gasteiger partial charge in [-0.25, -0.2) is 0 Å². The monoisotopic (exact) mass is 278 g/mol. The molecule has 0 atom stereocenters. The minimum Gasteiger partial charge on any atom is -0.321 e. The standard InChI is InChI=1S/C16H14N4O/c1-12-6-5-7-13(10-12)18-16(21)15-11-17-20(19-15)14-8-3-2-4-9-14/h2-11H,1H3,(H,18,21). The van der Waals surface area contributed by atoms with Crippen LogP contribution in [0.25, 0.3) is 5.69 Å². The molecule has 0 aliphatic carbocycles. The molecule has 1 amide bonds. The highest BCUT2D eigenvalue weighted by molar-refractivity contribution is 6.02. The van der Waals surface area contributed by atoms with Gasteiger partial charge in [-0.15, -0.1) is 5.10 Å². The minimum absolute atomic E-state index is 0.275. The van der Waals surface area contributed by atoms with Gasteiger partial charge in [0, 0.05) is 5.69 Å². The maximum Gasteiger partial charge on any atom is 0.277 e. The van der Waals surface area contributed by atoms with E-state index < -0.39 is 0 Å². The number of hydrogen-bond donors (Lipinski definition) is 1. The van der Waals surface area contributed by atoms with Crippen molar-refractivity contribution in [2.75, 3.05) is 5.32 Å². The van der Waals surface area contributed by atoms with Crippen LogP contribution in [-0.2, 0) is 0 Å². The second kappa shape index (κ2) is 5.58. The normalized spacial score (nSPS) is 10.3. The molecule has 3 aromatic rings. The number of carbonyl (C=O) groups excluding carboxylic acids is 1. The van der Waals surface area contributed by atoms with Crippen LogP contribution in [0.4, 0.5) is 5.69 Å². The van der Waals surface area contributed by atoms with E-state index >= 15 is 0 Å². The maximum absolute atomic E-state index is 12.1. The van der Waals surface area contributed by atoms with Crippen molar-refractivity contribution in [1.82, 2.24) is 15.0 Å². The number of amides is 1. The lowest BCUT2D eigenvalue weighted by Crippen LogP contribution is -2.13. The van der Waals surface area contributed by atoms with Crippen LogP contribution in [0.15, 0.2) is 60.8 Å². The molecular formula is C16H14N4O. The van der Waals surface area contributed by atoms with E-state index in [1.54, 1.807) is 0 Å². The van der Waals surface area contributed by atoms with E-state index in [0.717, 1.165) is 16.9 Å². The molecule has 5 heteroatoms. The van der Waals surface area contributed by atoms with E-state index in [2.05, 4.69) is 15.5 Å². The lowest BCUT2D eigenvalue weighted by atomic mass is 10.2. The van der Waals surface area contributed by atoms with Gasteiger partial charge in [0.25, 0.3) is 5.91 Å². The summed E-state index contributed by atoms with van der Waals surface area (Å²) >= 11 is 0. The zero-order chi connectivity index (χ0) is 14.7. The molecule has 0 fully saturated rings. The lowest BCUT2D eigenvalue weighted by Gasteiger charge is -2.03. The third-order valence-electron chi connectivity index (χ3n) is 2.99. The summed E-state index contributed by atoms with van der Waals surface area (Å²) in [7, 11) is 0. The van der Waals surface area contributed by atoms with Crippen LogP contribution >= 0.6 is 0 Å². The smallest absolute Gasteiger partial charge is 0.277 e. The summed E-state index contributed by atoms with van der Waals surface area (Å²) in [5.74, 6) is -0.275. The Balaban J connectivity index is 1.78. The fraction of sp³-hybridized carbons (Fsp3) is 0.0625. The van der Waals surface area contributed by atoms with Gasteiger partial charge in [0.1, 0.15) is 0 Å². The lowest BCUT2D eigenvalue weighted by molar-refractivity contribution is 0.102. The summed E-state index contributed by atoms with van der Waals surface area (Å²) < 4.78 is 0. The number of carbonyl (C=O) groups is 1. The highest BCUT2D eigenvalue weighted by atomic mass is 16.2. The molecule has 0 bridgehead atoms. The number of aryl methyl sites for hydroxylation is 1. The molecule has 0 aliphatic heterocycles. The molecule has 0 saturated heterocycles. The SMILES string of the molecule is Cc1cccc(NC(=O)c2cnn(-c3ccccc3)n2)c1. The molecule has 3 rings (SSSR count). The number of benzene rings is 2. The Morgan fingerprint density at radius 3 is 2.67 bits per heavy atom.